The molecule has 0 aliphatic carbocycles. The Bertz CT molecular complexity index is 343. The van der Waals surface area contributed by atoms with Gasteiger partial charge in [0.2, 0.25) is 0 Å². The van der Waals surface area contributed by atoms with Crippen LogP contribution in [0.2, 0.25) is 0 Å². The predicted octanol–water partition coefficient (Wildman–Crippen LogP) is 3.58. The Hall–Kier alpha value is 0.0700. The van der Waals surface area contributed by atoms with Gasteiger partial charge in [0.05, 0.1) is 12.2 Å². The number of rotatable bonds is 3. The minimum atomic E-state index is 0.910. The van der Waals surface area contributed by atoms with Crippen molar-refractivity contribution in [1.82, 2.24) is 9.88 Å². The fourth-order valence-corrected chi connectivity index (χ4v) is 3.80. The molecule has 90 valence electrons. The van der Waals surface area contributed by atoms with Gasteiger partial charge in [-0.05, 0) is 38.8 Å². The Morgan fingerprint density at radius 1 is 1.44 bits per heavy atom. The molecule has 0 atom stereocenters. The molecule has 0 aromatic carbocycles. The van der Waals surface area contributed by atoms with Crippen molar-refractivity contribution in [3.63, 3.8) is 0 Å². The molecule has 1 aliphatic heterocycles. The van der Waals surface area contributed by atoms with Gasteiger partial charge in [-0.2, -0.15) is 0 Å². The standard InChI is InChI=1S/C12H19BrN2S/c1-9-3-5-15(6-4-9)8-12-14-10(2)11(7-13)16-12/h9H,3-8H2,1-2H3. The van der Waals surface area contributed by atoms with Gasteiger partial charge in [-0.1, -0.05) is 22.9 Å². The second kappa shape index (κ2) is 5.61. The molecule has 1 aromatic rings. The largest absolute Gasteiger partial charge is 0.297 e. The SMILES string of the molecule is Cc1nc(CN2CCC(C)CC2)sc1CBr. The maximum atomic E-state index is 4.64. The van der Waals surface area contributed by atoms with Gasteiger partial charge >= 0.3 is 0 Å². The van der Waals surface area contributed by atoms with E-state index in [0.29, 0.717) is 0 Å². The number of alkyl halides is 1. The molecule has 16 heavy (non-hydrogen) atoms. The average molecular weight is 303 g/mol. The van der Waals surface area contributed by atoms with Crippen LogP contribution in [0.1, 0.15) is 35.3 Å². The molecule has 2 rings (SSSR count). The van der Waals surface area contributed by atoms with Gasteiger partial charge in [0.1, 0.15) is 5.01 Å². The van der Waals surface area contributed by atoms with E-state index in [0.717, 1.165) is 17.8 Å². The highest BCUT2D eigenvalue weighted by Crippen LogP contribution is 2.24. The monoisotopic (exact) mass is 302 g/mol. The normalized spacial score (nSPS) is 19.2. The summed E-state index contributed by atoms with van der Waals surface area (Å²) in [6.07, 6.45) is 2.69. The zero-order valence-electron chi connectivity index (χ0n) is 10.0. The second-order valence-electron chi connectivity index (χ2n) is 4.71. The van der Waals surface area contributed by atoms with Gasteiger partial charge in [0.25, 0.3) is 0 Å². The Morgan fingerprint density at radius 3 is 2.69 bits per heavy atom. The highest BCUT2D eigenvalue weighted by atomic mass is 79.9. The van der Waals surface area contributed by atoms with Crippen LogP contribution in [0.25, 0.3) is 0 Å². The fraction of sp³-hybridized carbons (Fsp3) is 0.750. The Morgan fingerprint density at radius 2 is 2.12 bits per heavy atom. The van der Waals surface area contributed by atoms with E-state index in [2.05, 4.69) is 39.7 Å². The molecule has 1 aliphatic rings. The fourth-order valence-electron chi connectivity index (χ4n) is 2.09. The van der Waals surface area contributed by atoms with Crippen molar-refractivity contribution < 1.29 is 0 Å². The quantitative estimate of drug-likeness (QED) is 0.794. The van der Waals surface area contributed by atoms with Crippen LogP contribution in [-0.2, 0) is 11.9 Å². The van der Waals surface area contributed by atoms with Crippen molar-refractivity contribution in [3.8, 4) is 0 Å². The molecular formula is C12H19BrN2S. The molecule has 1 aromatic heterocycles. The molecule has 0 bridgehead atoms. The lowest BCUT2D eigenvalue weighted by Gasteiger charge is -2.29. The van der Waals surface area contributed by atoms with E-state index in [1.165, 1.54) is 41.5 Å². The highest BCUT2D eigenvalue weighted by molar-refractivity contribution is 9.08. The van der Waals surface area contributed by atoms with Crippen LogP contribution >= 0.6 is 27.3 Å². The molecule has 0 radical (unpaired) electrons. The van der Waals surface area contributed by atoms with E-state index in [9.17, 15) is 0 Å². The van der Waals surface area contributed by atoms with E-state index in [4.69, 9.17) is 0 Å². The maximum absolute atomic E-state index is 4.64. The number of aromatic nitrogens is 1. The average Bonchev–Trinajstić information content (AvgIpc) is 2.62. The summed E-state index contributed by atoms with van der Waals surface area (Å²) in [5.74, 6) is 0.910. The third kappa shape index (κ3) is 3.05. The molecule has 0 N–H and O–H groups in total. The summed E-state index contributed by atoms with van der Waals surface area (Å²) in [6, 6.07) is 0. The maximum Gasteiger partial charge on any atom is 0.107 e. The van der Waals surface area contributed by atoms with Crippen LogP contribution in [-0.4, -0.2) is 23.0 Å². The van der Waals surface area contributed by atoms with E-state index < -0.39 is 0 Å². The van der Waals surface area contributed by atoms with Gasteiger partial charge in [-0.25, -0.2) is 4.98 Å². The number of aryl methyl sites for hydroxylation is 1. The molecule has 0 unspecified atom stereocenters. The summed E-state index contributed by atoms with van der Waals surface area (Å²) in [5, 5.41) is 2.22. The minimum absolute atomic E-state index is 0.910. The van der Waals surface area contributed by atoms with Crippen LogP contribution in [0.3, 0.4) is 0 Å². The first-order chi connectivity index (χ1) is 7.69. The lowest BCUT2D eigenvalue weighted by Crippen LogP contribution is -2.32. The summed E-state index contributed by atoms with van der Waals surface area (Å²) in [7, 11) is 0. The van der Waals surface area contributed by atoms with Crippen molar-refractivity contribution in [2.75, 3.05) is 13.1 Å². The van der Waals surface area contributed by atoms with E-state index in [1.807, 2.05) is 11.3 Å². The first kappa shape index (κ1) is 12.5. The van der Waals surface area contributed by atoms with Crippen LogP contribution in [0.15, 0.2) is 0 Å². The van der Waals surface area contributed by atoms with Gasteiger partial charge in [-0.3, -0.25) is 4.90 Å². The third-order valence-corrected chi connectivity index (χ3v) is 5.37. The summed E-state index contributed by atoms with van der Waals surface area (Å²) >= 11 is 5.37. The molecule has 1 fully saturated rings. The number of piperidine rings is 1. The number of hydrogen-bond donors (Lipinski definition) is 0. The zero-order chi connectivity index (χ0) is 11.5. The van der Waals surface area contributed by atoms with Crippen LogP contribution in [0.5, 0.6) is 0 Å². The van der Waals surface area contributed by atoms with Gasteiger partial charge in [0.15, 0.2) is 0 Å². The van der Waals surface area contributed by atoms with Crippen molar-refractivity contribution in [3.05, 3.63) is 15.6 Å². The van der Waals surface area contributed by atoms with Crippen LogP contribution in [0, 0.1) is 12.8 Å². The Balaban J connectivity index is 1.93. The molecule has 0 saturated carbocycles. The number of likely N-dealkylation sites (tertiary alicyclic amines) is 1. The molecule has 2 nitrogen and oxygen atoms in total. The van der Waals surface area contributed by atoms with Gasteiger partial charge in [-0.15, -0.1) is 11.3 Å². The summed E-state index contributed by atoms with van der Waals surface area (Å²) in [4.78, 5) is 8.55. The molecule has 0 amide bonds. The number of hydrogen-bond acceptors (Lipinski definition) is 3. The molecule has 4 heteroatoms. The first-order valence-electron chi connectivity index (χ1n) is 5.92. The highest BCUT2D eigenvalue weighted by Gasteiger charge is 2.17. The van der Waals surface area contributed by atoms with Crippen molar-refractivity contribution in [2.24, 2.45) is 5.92 Å². The minimum Gasteiger partial charge on any atom is -0.297 e. The van der Waals surface area contributed by atoms with Crippen molar-refractivity contribution in [2.45, 2.75) is 38.6 Å². The van der Waals surface area contributed by atoms with Gasteiger partial charge < -0.3 is 0 Å². The summed E-state index contributed by atoms with van der Waals surface area (Å²) in [5.41, 5.74) is 1.20. The van der Waals surface area contributed by atoms with E-state index in [1.54, 1.807) is 0 Å². The molecule has 2 heterocycles. The first-order valence-corrected chi connectivity index (χ1v) is 7.86. The molecule has 0 spiro atoms. The third-order valence-electron chi connectivity index (χ3n) is 3.29. The topological polar surface area (TPSA) is 16.1 Å². The zero-order valence-corrected chi connectivity index (χ0v) is 12.4. The number of halogens is 1. The molecular weight excluding hydrogens is 284 g/mol. The smallest absolute Gasteiger partial charge is 0.107 e. The summed E-state index contributed by atoms with van der Waals surface area (Å²) < 4.78 is 0. The van der Waals surface area contributed by atoms with E-state index in [-0.39, 0.29) is 0 Å². The lowest BCUT2D eigenvalue weighted by atomic mass is 9.99. The Labute approximate surface area is 110 Å². The van der Waals surface area contributed by atoms with Crippen LogP contribution in [0.4, 0.5) is 0 Å². The molecule has 1 saturated heterocycles. The summed E-state index contributed by atoms with van der Waals surface area (Å²) in [6.45, 7) is 7.99. The lowest BCUT2D eigenvalue weighted by molar-refractivity contribution is 0.185. The predicted molar refractivity (Wildman–Crippen MR) is 73.2 cm³/mol. The van der Waals surface area contributed by atoms with Crippen LogP contribution < -0.4 is 0 Å². The number of nitrogens with zero attached hydrogens (tertiary/aromatic N) is 2. The number of thiazole rings is 1. The Kier molecular flexibility index (Phi) is 4.39. The van der Waals surface area contributed by atoms with Gasteiger partial charge in [0, 0.05) is 10.2 Å². The second-order valence-corrected chi connectivity index (χ2v) is 6.44. The van der Waals surface area contributed by atoms with E-state index >= 15 is 0 Å². The van der Waals surface area contributed by atoms with Crippen molar-refractivity contribution >= 4 is 27.3 Å². The van der Waals surface area contributed by atoms with Crippen molar-refractivity contribution in [1.29, 1.82) is 0 Å².